The van der Waals surface area contributed by atoms with Crippen LogP contribution in [0.25, 0.3) is 11.1 Å². The molecule has 1 saturated carbocycles. The van der Waals surface area contributed by atoms with Crippen molar-refractivity contribution in [3.8, 4) is 11.1 Å². The number of carbonyl (C=O) groups is 2. The molecule has 2 aliphatic heterocycles. The summed E-state index contributed by atoms with van der Waals surface area (Å²) in [6, 6.07) is 5.96. The molecule has 7 nitrogen and oxygen atoms in total. The van der Waals surface area contributed by atoms with Crippen molar-refractivity contribution >= 4 is 23.4 Å². The van der Waals surface area contributed by atoms with E-state index in [0.29, 0.717) is 34.3 Å². The minimum absolute atomic E-state index is 0.000913. The third-order valence-corrected chi connectivity index (χ3v) is 8.48. The van der Waals surface area contributed by atoms with Gasteiger partial charge in [-0.2, -0.15) is 0 Å². The summed E-state index contributed by atoms with van der Waals surface area (Å²) >= 11 is 6.10. The molecule has 37 heavy (non-hydrogen) atoms. The van der Waals surface area contributed by atoms with Gasteiger partial charge in [0.15, 0.2) is 0 Å². The second kappa shape index (κ2) is 11.5. The molecule has 0 radical (unpaired) electrons. The highest BCUT2D eigenvalue weighted by Gasteiger charge is 2.31. The number of benzene rings is 1. The summed E-state index contributed by atoms with van der Waals surface area (Å²) in [7, 11) is 2.16. The predicted octanol–water partition coefficient (Wildman–Crippen LogP) is 3.93. The normalized spacial score (nSPS) is 22.4. The van der Waals surface area contributed by atoms with E-state index >= 15 is 0 Å². The number of nitrogens with one attached hydrogen (secondary N) is 2. The lowest BCUT2D eigenvalue weighted by Gasteiger charge is -2.38. The Morgan fingerprint density at radius 2 is 1.92 bits per heavy atom. The molecule has 0 bridgehead atoms. The van der Waals surface area contributed by atoms with E-state index in [9.17, 15) is 14.0 Å². The van der Waals surface area contributed by atoms with Crippen LogP contribution < -0.4 is 10.6 Å². The number of fused-ring (bicyclic) bond motifs is 1. The fourth-order valence-electron chi connectivity index (χ4n) is 6.04. The van der Waals surface area contributed by atoms with E-state index in [1.54, 1.807) is 18.3 Å². The standard InChI is InChI=1S/C28H37ClFN5O2/c1-33-9-11-34(12-10-33)18-25(19-5-3-2-4-6-19)32-27(36)15-22-16-31-28(37)26-13-20(17-35(22)26)23-14-21(29)7-8-24(23)30/h7-8,13-14,17,19,22,25H,2-6,9-12,15-16,18H2,1H3,(H,31,37)(H,32,36)/t22-,25+/m0/s1. The predicted molar refractivity (Wildman–Crippen MR) is 143 cm³/mol. The molecule has 0 spiro atoms. The molecule has 5 rings (SSSR count). The number of carbonyl (C=O) groups excluding carboxylic acids is 2. The largest absolute Gasteiger partial charge is 0.352 e. The second-order valence-corrected chi connectivity index (χ2v) is 11.3. The smallest absolute Gasteiger partial charge is 0.268 e. The monoisotopic (exact) mass is 529 g/mol. The Bertz CT molecular complexity index is 1120. The molecule has 1 aromatic carbocycles. The van der Waals surface area contributed by atoms with Gasteiger partial charge in [-0.25, -0.2) is 4.39 Å². The van der Waals surface area contributed by atoms with Gasteiger partial charge in [0.25, 0.3) is 5.91 Å². The highest BCUT2D eigenvalue weighted by molar-refractivity contribution is 6.30. The van der Waals surface area contributed by atoms with E-state index in [1.807, 2.05) is 4.57 Å². The van der Waals surface area contributed by atoms with Crippen molar-refractivity contribution in [2.24, 2.45) is 5.92 Å². The van der Waals surface area contributed by atoms with Crippen molar-refractivity contribution in [1.29, 1.82) is 0 Å². The number of rotatable bonds is 7. The third-order valence-electron chi connectivity index (χ3n) is 8.25. The molecule has 1 aliphatic carbocycles. The molecule has 2 fully saturated rings. The van der Waals surface area contributed by atoms with Crippen molar-refractivity contribution < 1.29 is 14.0 Å². The maximum absolute atomic E-state index is 14.5. The second-order valence-electron chi connectivity index (χ2n) is 10.9. The highest BCUT2D eigenvalue weighted by Crippen LogP contribution is 2.32. The van der Waals surface area contributed by atoms with Crippen LogP contribution in [0, 0.1) is 11.7 Å². The lowest BCUT2D eigenvalue weighted by molar-refractivity contribution is -0.123. The number of hydrogen-bond acceptors (Lipinski definition) is 4. The zero-order valence-electron chi connectivity index (χ0n) is 21.5. The number of piperazine rings is 1. The lowest BCUT2D eigenvalue weighted by Crippen LogP contribution is -2.53. The van der Waals surface area contributed by atoms with Crippen LogP contribution in [0.1, 0.15) is 55.1 Å². The van der Waals surface area contributed by atoms with Crippen LogP contribution in [0.5, 0.6) is 0 Å². The number of hydrogen-bond donors (Lipinski definition) is 2. The molecular weight excluding hydrogens is 493 g/mol. The molecule has 2 aromatic rings. The molecular formula is C28H37ClFN5O2. The fraction of sp³-hybridized carbons (Fsp3) is 0.571. The van der Waals surface area contributed by atoms with Gasteiger partial charge in [0, 0.05) is 74.1 Å². The first-order valence-electron chi connectivity index (χ1n) is 13.5. The first-order chi connectivity index (χ1) is 17.9. The van der Waals surface area contributed by atoms with Crippen LogP contribution in [0.3, 0.4) is 0 Å². The average molecular weight is 530 g/mol. The molecule has 1 aromatic heterocycles. The Labute approximate surface area is 223 Å². The maximum atomic E-state index is 14.5. The lowest BCUT2D eigenvalue weighted by atomic mass is 9.83. The van der Waals surface area contributed by atoms with E-state index < -0.39 is 5.82 Å². The molecule has 3 heterocycles. The summed E-state index contributed by atoms with van der Waals surface area (Å²) in [5, 5.41) is 6.72. The molecule has 2 atom stereocenters. The molecule has 3 aliphatic rings. The van der Waals surface area contributed by atoms with Gasteiger partial charge in [0.05, 0.1) is 6.04 Å². The number of likely N-dealkylation sites (N-methyl/N-ethyl adjacent to an activating group) is 1. The van der Waals surface area contributed by atoms with Crippen LogP contribution in [0.2, 0.25) is 5.02 Å². The van der Waals surface area contributed by atoms with Gasteiger partial charge in [0.2, 0.25) is 5.91 Å². The molecule has 2 amide bonds. The van der Waals surface area contributed by atoms with E-state index in [1.165, 1.54) is 31.4 Å². The van der Waals surface area contributed by atoms with Crippen LogP contribution in [0.15, 0.2) is 30.5 Å². The molecule has 1 saturated heterocycles. The highest BCUT2D eigenvalue weighted by atomic mass is 35.5. The first kappa shape index (κ1) is 26.2. The zero-order valence-corrected chi connectivity index (χ0v) is 22.3. The Hall–Kier alpha value is -2.42. The zero-order chi connectivity index (χ0) is 25.9. The first-order valence-corrected chi connectivity index (χ1v) is 13.9. The van der Waals surface area contributed by atoms with Gasteiger partial charge >= 0.3 is 0 Å². The van der Waals surface area contributed by atoms with Gasteiger partial charge < -0.3 is 20.1 Å². The number of aromatic nitrogens is 1. The van der Waals surface area contributed by atoms with Crippen molar-refractivity contribution in [1.82, 2.24) is 25.0 Å². The average Bonchev–Trinajstić information content (AvgIpc) is 3.35. The summed E-state index contributed by atoms with van der Waals surface area (Å²) in [6.07, 6.45) is 8.07. The molecule has 200 valence electrons. The van der Waals surface area contributed by atoms with Crippen molar-refractivity contribution in [2.75, 3.05) is 46.3 Å². The van der Waals surface area contributed by atoms with Crippen molar-refractivity contribution in [3.63, 3.8) is 0 Å². The number of amides is 2. The summed E-state index contributed by atoms with van der Waals surface area (Å²) in [5.74, 6) is -0.120. The topological polar surface area (TPSA) is 69.6 Å². The van der Waals surface area contributed by atoms with Gasteiger partial charge in [-0.3, -0.25) is 14.5 Å². The minimum Gasteiger partial charge on any atom is -0.352 e. The van der Waals surface area contributed by atoms with Crippen molar-refractivity contribution in [2.45, 2.75) is 50.6 Å². The van der Waals surface area contributed by atoms with Crippen LogP contribution in [0.4, 0.5) is 4.39 Å². The van der Waals surface area contributed by atoms with E-state index in [2.05, 4.69) is 27.5 Å². The molecule has 2 N–H and O–H groups in total. The van der Waals surface area contributed by atoms with E-state index in [-0.39, 0.29) is 30.3 Å². The van der Waals surface area contributed by atoms with Crippen LogP contribution >= 0.6 is 11.6 Å². The van der Waals surface area contributed by atoms with Crippen LogP contribution in [-0.4, -0.2) is 78.5 Å². The number of halogens is 2. The third kappa shape index (κ3) is 6.19. The van der Waals surface area contributed by atoms with Gasteiger partial charge in [-0.05, 0) is 50.1 Å². The Kier molecular flexibility index (Phi) is 8.17. The van der Waals surface area contributed by atoms with Gasteiger partial charge in [-0.1, -0.05) is 30.9 Å². The summed E-state index contributed by atoms with van der Waals surface area (Å²) in [4.78, 5) is 30.8. The summed E-state index contributed by atoms with van der Waals surface area (Å²) in [5.41, 5.74) is 1.35. The van der Waals surface area contributed by atoms with Gasteiger partial charge in [-0.15, -0.1) is 0 Å². The fourth-order valence-corrected chi connectivity index (χ4v) is 6.21. The van der Waals surface area contributed by atoms with Crippen LogP contribution in [-0.2, 0) is 4.79 Å². The number of nitrogens with zero attached hydrogens (tertiary/aromatic N) is 3. The van der Waals surface area contributed by atoms with E-state index in [4.69, 9.17) is 11.6 Å². The van der Waals surface area contributed by atoms with Crippen molar-refractivity contribution in [3.05, 3.63) is 47.0 Å². The Balaban J connectivity index is 1.30. The summed E-state index contributed by atoms with van der Waals surface area (Å²) < 4.78 is 16.3. The molecule has 0 unspecified atom stereocenters. The van der Waals surface area contributed by atoms with Gasteiger partial charge in [0.1, 0.15) is 11.5 Å². The minimum atomic E-state index is -0.402. The molecule has 9 heteroatoms. The van der Waals surface area contributed by atoms with E-state index in [0.717, 1.165) is 45.6 Å². The Morgan fingerprint density at radius 3 is 2.68 bits per heavy atom. The SMILES string of the molecule is CN1CCN(C[C@@H](NC(=O)C[C@H]2CNC(=O)c3cc(-c4cc(Cl)ccc4F)cn32)C2CCCCC2)CC1. The maximum Gasteiger partial charge on any atom is 0.268 e. The quantitative estimate of drug-likeness (QED) is 0.570. The Morgan fingerprint density at radius 1 is 1.16 bits per heavy atom. The summed E-state index contributed by atoms with van der Waals surface area (Å²) in [6.45, 7) is 5.41.